The van der Waals surface area contributed by atoms with Gasteiger partial charge in [0.1, 0.15) is 6.07 Å². The number of methoxy groups -OCH3 is 1. The second-order valence-corrected chi connectivity index (χ2v) is 3.81. The van der Waals surface area contributed by atoms with Gasteiger partial charge in [0.2, 0.25) is 0 Å². The Bertz CT molecular complexity index is 520. The van der Waals surface area contributed by atoms with Crippen molar-refractivity contribution in [3.63, 3.8) is 0 Å². The van der Waals surface area contributed by atoms with Gasteiger partial charge in [0, 0.05) is 5.33 Å². The number of nitriles is 1. The van der Waals surface area contributed by atoms with Gasteiger partial charge in [-0.15, -0.1) is 0 Å². The standard InChI is InChI=1S/C11H7BrF3NO2/c1-18-10(17)6-2-3-9(11(13,14)15)8(5-16)7(6)4-12/h2-3H,4H2,1H3. The Kier molecular flexibility index (Phi) is 4.35. The van der Waals surface area contributed by atoms with Crippen LogP contribution >= 0.6 is 15.9 Å². The molecule has 0 amide bonds. The molecule has 0 N–H and O–H groups in total. The quantitative estimate of drug-likeness (QED) is 0.620. The molecule has 3 nitrogen and oxygen atoms in total. The Hall–Kier alpha value is -1.55. The number of halogens is 4. The lowest BCUT2D eigenvalue weighted by Crippen LogP contribution is -2.13. The van der Waals surface area contributed by atoms with Crippen LogP contribution in [0.2, 0.25) is 0 Å². The molecule has 1 rings (SSSR count). The maximum Gasteiger partial charge on any atom is 0.417 e. The first kappa shape index (κ1) is 14.5. The number of alkyl halides is 4. The fraction of sp³-hybridized carbons (Fsp3) is 0.273. The van der Waals surface area contributed by atoms with Gasteiger partial charge in [0.05, 0.1) is 23.8 Å². The predicted molar refractivity (Wildman–Crippen MR) is 60.1 cm³/mol. The van der Waals surface area contributed by atoms with E-state index < -0.39 is 23.3 Å². The number of esters is 1. The number of hydrogen-bond acceptors (Lipinski definition) is 3. The Morgan fingerprint density at radius 1 is 1.50 bits per heavy atom. The van der Waals surface area contributed by atoms with E-state index in [0.29, 0.717) is 6.07 Å². The molecule has 1 aromatic carbocycles. The van der Waals surface area contributed by atoms with Gasteiger partial charge in [-0.25, -0.2) is 4.79 Å². The second-order valence-electron chi connectivity index (χ2n) is 3.25. The number of benzene rings is 1. The van der Waals surface area contributed by atoms with Crippen LogP contribution in [0.5, 0.6) is 0 Å². The summed E-state index contributed by atoms with van der Waals surface area (Å²) in [6, 6.07) is 3.19. The summed E-state index contributed by atoms with van der Waals surface area (Å²) in [7, 11) is 1.12. The van der Waals surface area contributed by atoms with E-state index in [2.05, 4.69) is 20.7 Å². The lowest BCUT2D eigenvalue weighted by molar-refractivity contribution is -0.137. The van der Waals surface area contributed by atoms with Crippen molar-refractivity contribution in [1.82, 2.24) is 0 Å². The van der Waals surface area contributed by atoms with Crippen molar-refractivity contribution in [2.75, 3.05) is 7.11 Å². The number of nitrogens with zero attached hydrogens (tertiary/aromatic N) is 1. The van der Waals surface area contributed by atoms with E-state index in [1.54, 1.807) is 0 Å². The fourth-order valence-electron chi connectivity index (χ4n) is 1.45. The smallest absolute Gasteiger partial charge is 0.417 e. The maximum atomic E-state index is 12.7. The second kappa shape index (κ2) is 5.40. The van der Waals surface area contributed by atoms with Gasteiger partial charge in [-0.1, -0.05) is 15.9 Å². The van der Waals surface area contributed by atoms with Gasteiger partial charge in [0.25, 0.3) is 0 Å². The minimum absolute atomic E-state index is 0.0285. The van der Waals surface area contributed by atoms with Crippen LogP contribution in [0, 0.1) is 11.3 Å². The number of carbonyl (C=O) groups excluding carboxylic acids is 1. The van der Waals surface area contributed by atoms with Crippen molar-refractivity contribution in [2.45, 2.75) is 11.5 Å². The SMILES string of the molecule is COC(=O)c1ccc(C(F)(F)F)c(C#N)c1CBr. The molecule has 7 heteroatoms. The molecule has 0 aliphatic carbocycles. The lowest BCUT2D eigenvalue weighted by Gasteiger charge is -2.13. The molecule has 0 saturated heterocycles. The van der Waals surface area contributed by atoms with Crippen LogP contribution in [0.15, 0.2) is 12.1 Å². The number of rotatable bonds is 2. The molecule has 0 radical (unpaired) electrons. The van der Waals surface area contributed by atoms with E-state index in [-0.39, 0.29) is 16.5 Å². The Morgan fingerprint density at radius 3 is 2.50 bits per heavy atom. The van der Waals surface area contributed by atoms with Crippen LogP contribution < -0.4 is 0 Å². The summed E-state index contributed by atoms with van der Waals surface area (Å²) in [4.78, 5) is 11.4. The maximum absolute atomic E-state index is 12.7. The molecular weight excluding hydrogens is 315 g/mol. The third-order valence-corrected chi connectivity index (χ3v) is 2.83. The number of carbonyl (C=O) groups is 1. The van der Waals surface area contributed by atoms with E-state index in [1.807, 2.05) is 0 Å². The van der Waals surface area contributed by atoms with Crippen molar-refractivity contribution in [2.24, 2.45) is 0 Å². The molecule has 0 heterocycles. The molecule has 0 aliphatic heterocycles. The minimum Gasteiger partial charge on any atom is -0.465 e. The molecule has 18 heavy (non-hydrogen) atoms. The molecule has 0 saturated carbocycles. The molecule has 0 unspecified atom stereocenters. The first-order valence-electron chi connectivity index (χ1n) is 4.64. The zero-order chi connectivity index (χ0) is 13.9. The summed E-state index contributed by atoms with van der Waals surface area (Å²) >= 11 is 2.97. The monoisotopic (exact) mass is 321 g/mol. The van der Waals surface area contributed by atoms with Crippen LogP contribution in [-0.2, 0) is 16.2 Å². The van der Waals surface area contributed by atoms with Crippen LogP contribution in [0.3, 0.4) is 0 Å². The molecule has 0 aromatic heterocycles. The molecule has 96 valence electrons. The van der Waals surface area contributed by atoms with E-state index >= 15 is 0 Å². The normalized spacial score (nSPS) is 10.9. The predicted octanol–water partition coefficient (Wildman–Crippen LogP) is 3.26. The van der Waals surface area contributed by atoms with Gasteiger partial charge in [-0.05, 0) is 17.7 Å². The van der Waals surface area contributed by atoms with E-state index in [4.69, 9.17) is 5.26 Å². The molecule has 0 aliphatic rings. The molecule has 0 bridgehead atoms. The number of ether oxygens (including phenoxy) is 1. The van der Waals surface area contributed by atoms with Crippen LogP contribution in [0.1, 0.15) is 27.0 Å². The lowest BCUT2D eigenvalue weighted by atomic mass is 9.97. The van der Waals surface area contributed by atoms with E-state index in [1.165, 1.54) is 6.07 Å². The van der Waals surface area contributed by atoms with E-state index in [9.17, 15) is 18.0 Å². The molecule has 0 spiro atoms. The average molecular weight is 322 g/mol. The Morgan fingerprint density at radius 2 is 2.11 bits per heavy atom. The first-order valence-corrected chi connectivity index (χ1v) is 5.76. The van der Waals surface area contributed by atoms with Crippen molar-refractivity contribution in [3.05, 3.63) is 34.4 Å². The Balaban J connectivity index is 3.58. The van der Waals surface area contributed by atoms with Gasteiger partial charge in [-0.3, -0.25) is 0 Å². The highest BCUT2D eigenvalue weighted by Crippen LogP contribution is 2.35. The molecular formula is C11H7BrF3NO2. The third kappa shape index (κ3) is 2.64. The summed E-state index contributed by atoms with van der Waals surface area (Å²) in [6.07, 6.45) is -4.64. The van der Waals surface area contributed by atoms with Gasteiger partial charge in [0.15, 0.2) is 0 Å². The third-order valence-electron chi connectivity index (χ3n) is 2.27. The van der Waals surface area contributed by atoms with Crippen molar-refractivity contribution in [3.8, 4) is 6.07 Å². The van der Waals surface area contributed by atoms with Crippen LogP contribution in [0.25, 0.3) is 0 Å². The molecule has 0 atom stereocenters. The molecule has 0 fully saturated rings. The summed E-state index contributed by atoms with van der Waals surface area (Å²) in [6.45, 7) is 0. The van der Waals surface area contributed by atoms with Gasteiger partial charge >= 0.3 is 12.1 Å². The largest absolute Gasteiger partial charge is 0.465 e. The van der Waals surface area contributed by atoms with Crippen LogP contribution in [-0.4, -0.2) is 13.1 Å². The Labute approximate surface area is 109 Å². The zero-order valence-electron chi connectivity index (χ0n) is 9.14. The average Bonchev–Trinajstić information content (AvgIpc) is 2.34. The summed E-state index contributed by atoms with van der Waals surface area (Å²) < 4.78 is 42.5. The zero-order valence-corrected chi connectivity index (χ0v) is 10.7. The van der Waals surface area contributed by atoms with Crippen molar-refractivity contribution >= 4 is 21.9 Å². The molecule has 1 aromatic rings. The first-order chi connectivity index (χ1) is 8.36. The topological polar surface area (TPSA) is 50.1 Å². The van der Waals surface area contributed by atoms with Gasteiger partial charge < -0.3 is 4.74 Å². The number of hydrogen-bond donors (Lipinski definition) is 0. The van der Waals surface area contributed by atoms with E-state index in [0.717, 1.165) is 13.2 Å². The van der Waals surface area contributed by atoms with Gasteiger partial charge in [-0.2, -0.15) is 18.4 Å². The summed E-state index contributed by atoms with van der Waals surface area (Å²) in [5.74, 6) is -0.783. The van der Waals surface area contributed by atoms with Crippen molar-refractivity contribution in [1.29, 1.82) is 5.26 Å². The highest BCUT2D eigenvalue weighted by atomic mass is 79.9. The highest BCUT2D eigenvalue weighted by molar-refractivity contribution is 9.08. The van der Waals surface area contributed by atoms with Crippen molar-refractivity contribution < 1.29 is 22.7 Å². The fourth-order valence-corrected chi connectivity index (χ4v) is 2.03. The summed E-state index contributed by atoms with van der Waals surface area (Å²) in [5, 5.41) is 8.80. The summed E-state index contributed by atoms with van der Waals surface area (Å²) in [5.41, 5.74) is -1.72. The minimum atomic E-state index is -4.64. The highest BCUT2D eigenvalue weighted by Gasteiger charge is 2.35. The van der Waals surface area contributed by atoms with Crippen LogP contribution in [0.4, 0.5) is 13.2 Å².